The van der Waals surface area contributed by atoms with E-state index in [4.69, 9.17) is 0 Å². The van der Waals surface area contributed by atoms with Gasteiger partial charge in [0.05, 0.1) is 0 Å². The maximum atomic E-state index is 3.59. The Labute approximate surface area is 736 Å². The summed E-state index contributed by atoms with van der Waals surface area (Å²) in [6, 6.07) is 60.9. The second-order valence-corrected chi connectivity index (χ2v) is 28.8. The fraction of sp³-hybridized carbons (Fsp3) is 0.286. The van der Waals surface area contributed by atoms with Gasteiger partial charge in [0, 0.05) is 23.0 Å². The third kappa shape index (κ3) is 143. The Bertz CT molecular complexity index is 2680. The van der Waals surface area contributed by atoms with Gasteiger partial charge in [-0.25, -0.2) is 0 Å². The summed E-state index contributed by atoms with van der Waals surface area (Å²) in [6.07, 6.45) is 78.9. The topological polar surface area (TPSA) is 0 Å². The van der Waals surface area contributed by atoms with Crippen LogP contribution in [0.3, 0.4) is 0 Å². The van der Waals surface area contributed by atoms with E-state index in [-0.39, 0.29) is 0 Å². The van der Waals surface area contributed by atoms with Crippen LogP contribution in [-0.2, 0) is 0 Å². The van der Waals surface area contributed by atoms with Crippen molar-refractivity contribution in [1.82, 2.24) is 0 Å². The summed E-state index contributed by atoms with van der Waals surface area (Å²) in [5.74, 6) is 4.94. The molecule has 0 aliphatic rings. The van der Waals surface area contributed by atoms with Crippen LogP contribution in [0.2, 0.25) is 0 Å². The van der Waals surface area contributed by atoms with Crippen LogP contribution in [0.25, 0.3) is 36.5 Å². The lowest BCUT2D eigenvalue weighted by atomic mass is 10.2. The number of hydrogen-bond acceptors (Lipinski definition) is 4. The van der Waals surface area contributed by atoms with Crippen LogP contribution in [0.4, 0.5) is 0 Å². The van der Waals surface area contributed by atoms with Crippen LogP contribution in [0.15, 0.2) is 419 Å². The van der Waals surface area contributed by atoms with E-state index in [1.54, 1.807) is 60.8 Å². The highest BCUT2D eigenvalue weighted by molar-refractivity contribution is 8.77. The average Bonchev–Trinajstić information content (AvgIpc) is 1.01. The molecular weight excluding hydrogens is 1470 g/mol. The van der Waals surface area contributed by atoms with Gasteiger partial charge in [-0.15, -0.1) is 13.2 Å². The molecule has 0 aromatic heterocycles. The molecule has 116 heavy (non-hydrogen) atoms. The monoisotopic (exact) mass is 1640 g/mol. The van der Waals surface area contributed by atoms with E-state index in [0.29, 0.717) is 0 Å². The minimum Gasteiger partial charge on any atom is -0.103 e. The van der Waals surface area contributed by atoms with Gasteiger partial charge in [-0.2, -0.15) is 0 Å². The molecule has 6 aromatic rings. The fourth-order valence-electron chi connectivity index (χ4n) is 6.72. The highest BCUT2D eigenvalue weighted by atomic mass is 33.1. The molecule has 0 atom stereocenters. The zero-order valence-corrected chi connectivity index (χ0v) is 78.9. The van der Waals surface area contributed by atoms with Gasteiger partial charge in [-0.05, 0) is 71.9 Å². The fourth-order valence-corrected chi connectivity index (χ4v) is 9.39. The molecule has 0 bridgehead atoms. The van der Waals surface area contributed by atoms with Gasteiger partial charge >= 0.3 is 0 Å². The summed E-state index contributed by atoms with van der Waals surface area (Å²) < 4.78 is 0. The van der Waals surface area contributed by atoms with Gasteiger partial charge < -0.3 is 0 Å². The van der Waals surface area contributed by atoms with Gasteiger partial charge in [0.1, 0.15) is 0 Å². The van der Waals surface area contributed by atoms with Crippen molar-refractivity contribution in [1.29, 1.82) is 0 Å². The quantitative estimate of drug-likeness (QED) is 0.0171. The van der Waals surface area contributed by atoms with Crippen molar-refractivity contribution in [3.63, 3.8) is 0 Å². The molecule has 0 saturated heterocycles. The predicted molar refractivity (Wildman–Crippen MR) is 566 cm³/mol. The molecule has 0 unspecified atom stereocenters. The van der Waals surface area contributed by atoms with Crippen LogP contribution >= 0.6 is 43.2 Å². The molecule has 0 N–H and O–H groups in total. The van der Waals surface area contributed by atoms with Crippen molar-refractivity contribution in [3.05, 3.63) is 452 Å². The number of hydrogen-bond donors (Lipinski definition) is 0. The van der Waals surface area contributed by atoms with Gasteiger partial charge in [0.25, 0.3) is 0 Å². The molecule has 4 heteroatoms. The summed E-state index contributed by atoms with van der Waals surface area (Å²) in [4.78, 5) is 0. The molecule has 0 radical (unpaired) electrons. The Kier molecular flexibility index (Phi) is 149. The summed E-state index contributed by atoms with van der Waals surface area (Å²) >= 11 is 0. The SMILES string of the molecule is C=C/C=C/c1ccccc1.C=C/C=C/c1ccccc1.C=C/C=C/c1ccccc1.C=C/C=C/c1ccccc1.C=C/C=C/c1ccccc1.C=C/C=C/c1ccccc1.C=CC=CCC.C=CC=CCC.C=CC=CCC.C=CC=CCC.C=CCC.C=CCC.CCCCCC.CCCCCC.CCSSCC.CCSSCC. The van der Waals surface area contributed by atoms with Crippen molar-refractivity contribution in [2.24, 2.45) is 0 Å². The lowest BCUT2D eigenvalue weighted by molar-refractivity contribution is 0.702. The highest BCUT2D eigenvalue weighted by Crippen LogP contribution is 2.19. The molecule has 6 rings (SSSR count). The van der Waals surface area contributed by atoms with E-state index in [9.17, 15) is 0 Å². The second kappa shape index (κ2) is 135. The standard InChI is InChI=1S/6C10H10.2C6H14.4C6H10.2C4H10S2.2C4H8/c6*1-2-3-7-10-8-5-4-6-9-10;8*1-3-5-6-4-2;2*1-3-4-2/h6*2-9H,1H2;2*3-6H2,1-2H3;4*3,5-6H,1,4H2,2H3;2*3-4H2,1-2H3;2*3H,1,4H2,2H3/b6*7-3+;;;;;;;;;;. The minimum absolute atomic E-state index is 1.08. The summed E-state index contributed by atoms with van der Waals surface area (Å²) in [5, 5.41) is 0. The lowest BCUT2D eigenvalue weighted by Crippen LogP contribution is -1.66. The van der Waals surface area contributed by atoms with Gasteiger partial charge in [0.15, 0.2) is 0 Å². The first kappa shape index (κ1) is 128. The molecule has 0 spiro atoms. The molecular formula is C112H164S4. The highest BCUT2D eigenvalue weighted by Gasteiger charge is 1.84. The molecule has 0 saturated carbocycles. The van der Waals surface area contributed by atoms with Crippen molar-refractivity contribution < 1.29 is 0 Å². The Hall–Kier alpha value is -9.00. The van der Waals surface area contributed by atoms with E-state index in [1.807, 2.05) is 262 Å². The smallest absolute Gasteiger partial charge is 0.000844 e. The minimum atomic E-state index is 1.08. The molecule has 0 heterocycles. The van der Waals surface area contributed by atoms with E-state index in [2.05, 4.69) is 273 Å². The number of allylic oxidation sites excluding steroid dienone is 26. The van der Waals surface area contributed by atoms with Crippen LogP contribution in [0.5, 0.6) is 0 Å². The summed E-state index contributed by atoms with van der Waals surface area (Å²) in [6.45, 7) is 72.7. The maximum Gasteiger partial charge on any atom is 0.000844 e. The Balaban J connectivity index is -0.000000130. The van der Waals surface area contributed by atoms with E-state index >= 15 is 0 Å². The van der Waals surface area contributed by atoms with E-state index in [1.165, 1.54) is 108 Å². The largest absolute Gasteiger partial charge is 0.103 e. The first-order valence-electron chi connectivity index (χ1n) is 41.6. The zero-order valence-electron chi connectivity index (χ0n) is 75.6. The predicted octanol–water partition coefficient (Wildman–Crippen LogP) is 39.0. The molecule has 636 valence electrons. The van der Waals surface area contributed by atoms with Gasteiger partial charge in [-0.3, -0.25) is 0 Å². The molecule has 0 aliphatic heterocycles. The van der Waals surface area contributed by atoms with Crippen molar-refractivity contribution in [2.75, 3.05) is 23.0 Å². The molecule has 0 amide bonds. The zero-order chi connectivity index (χ0) is 88.9. The average molecular weight is 1640 g/mol. The third-order valence-corrected chi connectivity index (χ3v) is 17.6. The Morgan fingerprint density at radius 2 is 0.319 bits per heavy atom. The van der Waals surface area contributed by atoms with Gasteiger partial charge in [0.2, 0.25) is 0 Å². The molecule has 0 aliphatic carbocycles. The van der Waals surface area contributed by atoms with Crippen LogP contribution in [-0.4, -0.2) is 23.0 Å². The molecule has 0 nitrogen and oxygen atoms in total. The second-order valence-electron chi connectivity index (χ2n) is 22.8. The summed E-state index contributed by atoms with van der Waals surface area (Å²) in [5.41, 5.74) is 7.26. The Morgan fingerprint density at radius 1 is 0.190 bits per heavy atom. The van der Waals surface area contributed by atoms with Crippen LogP contribution in [0.1, 0.15) is 220 Å². The van der Waals surface area contributed by atoms with E-state index < -0.39 is 0 Å². The van der Waals surface area contributed by atoms with Crippen molar-refractivity contribution >= 4 is 79.6 Å². The van der Waals surface area contributed by atoms with Crippen molar-refractivity contribution in [2.45, 2.75) is 187 Å². The first-order chi connectivity index (χ1) is 56.7. The van der Waals surface area contributed by atoms with Gasteiger partial charge in [-0.1, -0.05) is 634 Å². The third-order valence-electron chi connectivity index (χ3n) is 12.5. The molecule has 0 fully saturated rings. The normalized spacial score (nSPS) is 9.43. The first-order valence-corrected chi connectivity index (χ1v) is 46.6. The number of benzene rings is 6. The maximum absolute atomic E-state index is 3.59. The number of rotatable bonds is 34. The molecule has 6 aromatic carbocycles. The number of unbranched alkanes of at least 4 members (excludes halogenated alkanes) is 6. The van der Waals surface area contributed by atoms with Crippen molar-refractivity contribution in [3.8, 4) is 0 Å². The van der Waals surface area contributed by atoms with E-state index in [0.717, 1.165) is 38.5 Å². The van der Waals surface area contributed by atoms with Crippen LogP contribution in [0, 0.1) is 0 Å². The van der Waals surface area contributed by atoms with Crippen LogP contribution < -0.4 is 0 Å². The summed E-state index contributed by atoms with van der Waals surface area (Å²) in [7, 11) is 7.70. The lowest BCUT2D eigenvalue weighted by Gasteiger charge is -1.87. The Morgan fingerprint density at radius 3 is 0.397 bits per heavy atom.